The number of carbonyl (C=O) groups excluding carboxylic acids is 2. The summed E-state index contributed by atoms with van der Waals surface area (Å²) in [6.45, 7) is 2.69. The van der Waals surface area contributed by atoms with Gasteiger partial charge in [-0.1, -0.05) is 37.3 Å². The molecule has 0 heterocycles. The minimum atomic E-state index is -0.570. The number of nitrogens with zero attached hydrogens (tertiary/aromatic N) is 1. The van der Waals surface area contributed by atoms with Crippen LogP contribution in [-0.4, -0.2) is 23.6 Å². The molecule has 0 unspecified atom stereocenters. The van der Waals surface area contributed by atoms with Crippen molar-refractivity contribution in [1.29, 1.82) is 0 Å². The zero-order chi connectivity index (χ0) is 16.7. The molecule has 0 saturated heterocycles. The van der Waals surface area contributed by atoms with E-state index in [0.717, 1.165) is 17.7 Å². The fraction of sp³-hybridized carbons (Fsp3) is 0.222. The molecule has 5 nitrogen and oxygen atoms in total. The quantitative estimate of drug-likeness (QED) is 0.636. The number of anilines is 1. The molecule has 0 fully saturated rings. The van der Waals surface area contributed by atoms with Crippen molar-refractivity contribution >= 4 is 17.5 Å². The van der Waals surface area contributed by atoms with Gasteiger partial charge in [-0.05, 0) is 36.2 Å². The summed E-state index contributed by atoms with van der Waals surface area (Å²) in [5.41, 5.74) is 3.63. The number of hydrogen-bond donors (Lipinski definition) is 2. The average Bonchev–Trinajstić information content (AvgIpc) is 2.60. The maximum Gasteiger partial charge on any atom is 0.274 e. The van der Waals surface area contributed by atoms with Gasteiger partial charge in [0.15, 0.2) is 0 Å². The lowest BCUT2D eigenvalue weighted by Crippen LogP contribution is -2.32. The molecule has 0 aromatic heterocycles. The third kappa shape index (κ3) is 4.40. The van der Waals surface area contributed by atoms with Crippen LogP contribution in [0.4, 0.5) is 5.69 Å². The van der Waals surface area contributed by atoms with Crippen molar-refractivity contribution in [3.63, 3.8) is 0 Å². The second kappa shape index (κ2) is 8.10. The van der Waals surface area contributed by atoms with Crippen molar-refractivity contribution in [2.75, 3.05) is 11.4 Å². The number of hydrogen-bond acceptors (Lipinski definition) is 3. The van der Waals surface area contributed by atoms with Gasteiger partial charge >= 0.3 is 0 Å². The maximum atomic E-state index is 12.6. The van der Waals surface area contributed by atoms with Gasteiger partial charge in [0.25, 0.3) is 5.91 Å². The van der Waals surface area contributed by atoms with Crippen LogP contribution in [0.3, 0.4) is 0 Å². The zero-order valence-electron chi connectivity index (χ0n) is 13.0. The van der Waals surface area contributed by atoms with Crippen LogP contribution in [0, 0.1) is 0 Å². The maximum absolute atomic E-state index is 12.6. The van der Waals surface area contributed by atoms with Gasteiger partial charge in [-0.15, -0.1) is 0 Å². The predicted octanol–water partition coefficient (Wildman–Crippen LogP) is 2.79. The standard InChI is InChI=1S/C18H20N2O3/c1-2-12-20(16-6-4-3-5-7-16)17(21)13-14-8-10-15(11-9-14)18(22)19-23/h3-11,23H,2,12-13H2,1H3,(H,19,22). The number of para-hydroxylation sites is 1. The lowest BCUT2D eigenvalue weighted by atomic mass is 10.1. The van der Waals surface area contributed by atoms with Gasteiger partial charge in [0, 0.05) is 17.8 Å². The average molecular weight is 312 g/mol. The normalized spacial score (nSPS) is 10.2. The molecule has 0 aliphatic carbocycles. The molecule has 0 spiro atoms. The molecule has 5 heteroatoms. The molecule has 2 aromatic carbocycles. The summed E-state index contributed by atoms with van der Waals surface area (Å²) in [5, 5.41) is 8.60. The molecule has 23 heavy (non-hydrogen) atoms. The topological polar surface area (TPSA) is 69.6 Å². The molecule has 0 aliphatic rings. The summed E-state index contributed by atoms with van der Waals surface area (Å²) in [5.74, 6) is -0.558. The fourth-order valence-electron chi connectivity index (χ4n) is 2.34. The molecule has 2 rings (SSSR count). The van der Waals surface area contributed by atoms with Crippen LogP contribution >= 0.6 is 0 Å². The molecule has 0 bridgehead atoms. The number of nitrogens with one attached hydrogen (secondary N) is 1. The van der Waals surface area contributed by atoms with Crippen LogP contribution in [0.1, 0.15) is 29.3 Å². The van der Waals surface area contributed by atoms with E-state index in [2.05, 4.69) is 0 Å². The number of benzene rings is 2. The molecule has 0 saturated carbocycles. The molecule has 2 N–H and O–H groups in total. The third-order valence-corrected chi connectivity index (χ3v) is 3.49. The van der Waals surface area contributed by atoms with Crippen LogP contribution in [0.2, 0.25) is 0 Å². The highest BCUT2D eigenvalue weighted by Crippen LogP contribution is 2.16. The molecular formula is C18H20N2O3. The van der Waals surface area contributed by atoms with Crippen LogP contribution < -0.4 is 10.4 Å². The largest absolute Gasteiger partial charge is 0.312 e. The molecule has 0 aliphatic heterocycles. The van der Waals surface area contributed by atoms with Gasteiger partial charge in [0.2, 0.25) is 5.91 Å². The predicted molar refractivity (Wildman–Crippen MR) is 88.5 cm³/mol. The number of amides is 2. The Kier molecular flexibility index (Phi) is 5.88. The van der Waals surface area contributed by atoms with Crippen LogP contribution in [0.5, 0.6) is 0 Å². The molecule has 0 radical (unpaired) electrons. The van der Waals surface area contributed by atoms with Crippen LogP contribution in [0.15, 0.2) is 54.6 Å². The Bertz CT molecular complexity index is 654. The Labute approximate surface area is 135 Å². The highest BCUT2D eigenvalue weighted by molar-refractivity contribution is 5.95. The molecule has 2 amide bonds. The highest BCUT2D eigenvalue weighted by Gasteiger charge is 2.15. The van der Waals surface area contributed by atoms with Gasteiger partial charge in [0.05, 0.1) is 6.42 Å². The summed E-state index contributed by atoms with van der Waals surface area (Å²) < 4.78 is 0. The van der Waals surface area contributed by atoms with Gasteiger partial charge < -0.3 is 4.90 Å². The summed E-state index contributed by atoms with van der Waals surface area (Å²) in [7, 11) is 0. The first-order valence-electron chi connectivity index (χ1n) is 7.54. The van der Waals surface area contributed by atoms with Gasteiger partial charge in [-0.2, -0.15) is 0 Å². The lowest BCUT2D eigenvalue weighted by molar-refractivity contribution is -0.118. The SMILES string of the molecule is CCCN(C(=O)Cc1ccc(C(=O)NO)cc1)c1ccccc1. The Morgan fingerprint density at radius 2 is 1.70 bits per heavy atom. The first-order valence-corrected chi connectivity index (χ1v) is 7.54. The number of rotatable bonds is 6. The number of hydroxylamine groups is 1. The van der Waals surface area contributed by atoms with Crippen LogP contribution in [0.25, 0.3) is 0 Å². The van der Waals surface area contributed by atoms with E-state index in [4.69, 9.17) is 5.21 Å². The highest BCUT2D eigenvalue weighted by atomic mass is 16.5. The minimum Gasteiger partial charge on any atom is -0.312 e. The monoisotopic (exact) mass is 312 g/mol. The second-order valence-electron chi connectivity index (χ2n) is 5.20. The van der Waals surface area contributed by atoms with Crippen molar-refractivity contribution < 1.29 is 14.8 Å². The summed E-state index contributed by atoms with van der Waals surface area (Å²) in [4.78, 5) is 25.6. The first-order chi connectivity index (χ1) is 11.2. The minimum absolute atomic E-state index is 0.0115. The van der Waals surface area contributed by atoms with E-state index in [0.29, 0.717) is 12.1 Å². The molecular weight excluding hydrogens is 292 g/mol. The lowest BCUT2D eigenvalue weighted by Gasteiger charge is -2.22. The van der Waals surface area contributed by atoms with Crippen molar-refractivity contribution in [3.8, 4) is 0 Å². The summed E-state index contributed by atoms with van der Waals surface area (Å²) in [6, 6.07) is 16.2. The third-order valence-electron chi connectivity index (χ3n) is 3.49. The van der Waals surface area contributed by atoms with Crippen molar-refractivity contribution in [3.05, 3.63) is 65.7 Å². The van der Waals surface area contributed by atoms with E-state index in [1.165, 1.54) is 0 Å². The Morgan fingerprint density at radius 1 is 1.04 bits per heavy atom. The Hall–Kier alpha value is -2.66. The number of carbonyl (C=O) groups is 2. The van der Waals surface area contributed by atoms with E-state index in [-0.39, 0.29) is 12.3 Å². The second-order valence-corrected chi connectivity index (χ2v) is 5.20. The fourth-order valence-corrected chi connectivity index (χ4v) is 2.34. The molecule has 2 aromatic rings. The zero-order valence-corrected chi connectivity index (χ0v) is 13.0. The van der Waals surface area contributed by atoms with Crippen molar-refractivity contribution in [1.82, 2.24) is 5.48 Å². The Morgan fingerprint density at radius 3 is 2.26 bits per heavy atom. The Balaban J connectivity index is 2.11. The molecule has 0 atom stereocenters. The van der Waals surface area contributed by atoms with Gasteiger partial charge in [-0.25, -0.2) is 5.48 Å². The van der Waals surface area contributed by atoms with E-state index in [9.17, 15) is 9.59 Å². The van der Waals surface area contributed by atoms with Gasteiger partial charge in [-0.3, -0.25) is 14.8 Å². The van der Waals surface area contributed by atoms with Crippen molar-refractivity contribution in [2.24, 2.45) is 0 Å². The van der Waals surface area contributed by atoms with E-state index in [1.807, 2.05) is 37.3 Å². The summed E-state index contributed by atoms with van der Waals surface area (Å²) in [6.07, 6.45) is 1.13. The van der Waals surface area contributed by atoms with Crippen LogP contribution in [-0.2, 0) is 11.2 Å². The summed E-state index contributed by atoms with van der Waals surface area (Å²) >= 11 is 0. The van der Waals surface area contributed by atoms with Crippen molar-refractivity contribution in [2.45, 2.75) is 19.8 Å². The van der Waals surface area contributed by atoms with E-state index >= 15 is 0 Å². The van der Waals surface area contributed by atoms with E-state index < -0.39 is 5.91 Å². The van der Waals surface area contributed by atoms with Gasteiger partial charge in [0.1, 0.15) is 0 Å². The van der Waals surface area contributed by atoms with E-state index in [1.54, 1.807) is 34.6 Å². The first kappa shape index (κ1) is 16.7. The molecule has 120 valence electrons. The smallest absolute Gasteiger partial charge is 0.274 e.